The Hall–Kier alpha value is -2.81. The van der Waals surface area contributed by atoms with Gasteiger partial charge in [-0.05, 0) is 51.2 Å². The van der Waals surface area contributed by atoms with E-state index >= 15 is 0 Å². The van der Waals surface area contributed by atoms with Crippen molar-refractivity contribution in [2.45, 2.75) is 60.0 Å². The predicted molar refractivity (Wildman–Crippen MR) is 128 cm³/mol. The highest BCUT2D eigenvalue weighted by atomic mass is 35.5. The Labute approximate surface area is 209 Å². The topological polar surface area (TPSA) is 131 Å². The molecule has 10 heteroatoms. The minimum atomic E-state index is -1.31. The highest BCUT2D eigenvalue weighted by Crippen LogP contribution is 2.81. The van der Waals surface area contributed by atoms with Gasteiger partial charge in [0.25, 0.3) is 0 Å². The molecule has 2 amide bonds. The molecular formula is C25H33ClN2O7. The first-order valence-electron chi connectivity index (χ1n) is 11.7. The van der Waals surface area contributed by atoms with Crippen LogP contribution in [0.25, 0.3) is 0 Å². The maximum atomic E-state index is 13.6. The number of amides is 2. The van der Waals surface area contributed by atoms with Crippen LogP contribution in [0.2, 0.25) is 5.02 Å². The first kappa shape index (κ1) is 26.8. The van der Waals surface area contributed by atoms with Gasteiger partial charge in [0.2, 0.25) is 5.91 Å². The standard InChI is InChI=1S/C25H33ClN2O7/c1-7-13-16(19(29)27-15-12-10-9-11-14(15)26)17-18(20(30)31)24(17,6)25(13,8-2)21(32)35-28-22(33)34-23(3,4)5/h9-13,16-18H,7-8H2,1-6H3,(H,27,29)(H,28,33)(H,30,31). The van der Waals surface area contributed by atoms with Crippen LogP contribution in [0.1, 0.15) is 54.4 Å². The van der Waals surface area contributed by atoms with Gasteiger partial charge < -0.3 is 20.0 Å². The van der Waals surface area contributed by atoms with E-state index in [9.17, 15) is 24.3 Å². The molecule has 0 saturated heterocycles. The molecule has 3 N–H and O–H groups in total. The van der Waals surface area contributed by atoms with E-state index in [2.05, 4.69) is 5.32 Å². The summed E-state index contributed by atoms with van der Waals surface area (Å²) in [5, 5.41) is 13.1. The second-order valence-corrected chi connectivity index (χ2v) is 10.9. The van der Waals surface area contributed by atoms with Gasteiger partial charge in [0.15, 0.2) is 0 Å². The molecule has 0 spiro atoms. The normalized spacial score (nSPS) is 31.2. The minimum Gasteiger partial charge on any atom is -0.481 e. The summed E-state index contributed by atoms with van der Waals surface area (Å²) in [7, 11) is 0. The zero-order valence-electron chi connectivity index (χ0n) is 20.8. The number of carbonyl (C=O) groups excluding carboxylic acids is 3. The van der Waals surface area contributed by atoms with Crippen LogP contribution in [0.5, 0.6) is 0 Å². The number of rotatable bonds is 6. The molecule has 1 aromatic carbocycles. The van der Waals surface area contributed by atoms with Gasteiger partial charge in [-0.25, -0.2) is 9.59 Å². The Morgan fingerprint density at radius 3 is 2.29 bits per heavy atom. The van der Waals surface area contributed by atoms with Gasteiger partial charge in [0.1, 0.15) is 5.60 Å². The van der Waals surface area contributed by atoms with Crippen LogP contribution in [0, 0.1) is 34.5 Å². The van der Waals surface area contributed by atoms with Crippen molar-refractivity contribution in [3.8, 4) is 0 Å². The van der Waals surface area contributed by atoms with Crippen LogP contribution in [-0.2, 0) is 24.0 Å². The van der Waals surface area contributed by atoms with Crippen molar-refractivity contribution < 1.29 is 33.9 Å². The number of nitrogens with one attached hydrogen (secondary N) is 2. The van der Waals surface area contributed by atoms with E-state index in [1.807, 2.05) is 12.4 Å². The average molecular weight is 509 g/mol. The Kier molecular flexibility index (Phi) is 7.14. The lowest BCUT2D eigenvalue weighted by Gasteiger charge is -2.41. The Balaban J connectivity index is 1.95. The molecule has 0 aliphatic heterocycles. The molecule has 6 atom stereocenters. The van der Waals surface area contributed by atoms with Crippen LogP contribution in [0.15, 0.2) is 24.3 Å². The van der Waals surface area contributed by atoms with E-state index in [0.717, 1.165) is 0 Å². The summed E-state index contributed by atoms with van der Waals surface area (Å²) < 4.78 is 5.13. The van der Waals surface area contributed by atoms with E-state index in [1.54, 1.807) is 58.9 Å². The number of hydrogen-bond acceptors (Lipinski definition) is 6. The molecule has 2 aliphatic rings. The lowest BCUT2D eigenvalue weighted by molar-refractivity contribution is -0.174. The van der Waals surface area contributed by atoms with Crippen LogP contribution >= 0.6 is 11.6 Å². The fraction of sp³-hybridized carbons (Fsp3) is 0.600. The molecule has 9 nitrogen and oxygen atoms in total. The van der Waals surface area contributed by atoms with Crippen molar-refractivity contribution in [2.24, 2.45) is 34.5 Å². The van der Waals surface area contributed by atoms with Crippen molar-refractivity contribution >= 4 is 41.2 Å². The molecule has 6 unspecified atom stereocenters. The maximum absolute atomic E-state index is 13.6. The fourth-order valence-electron chi connectivity index (χ4n) is 6.43. The van der Waals surface area contributed by atoms with Crippen molar-refractivity contribution in [1.82, 2.24) is 5.48 Å². The SMILES string of the molecule is CCC1C(C(=O)Nc2ccccc2Cl)C2C(C(=O)O)C2(C)C1(CC)C(=O)ONC(=O)OC(C)(C)C. The number of hydrogen-bond donors (Lipinski definition) is 3. The third-order valence-corrected chi connectivity index (χ3v) is 8.02. The minimum absolute atomic E-state index is 0.229. The maximum Gasteiger partial charge on any atom is 0.441 e. The van der Waals surface area contributed by atoms with Crippen molar-refractivity contribution in [1.29, 1.82) is 0 Å². The van der Waals surface area contributed by atoms with Crippen LogP contribution in [-0.4, -0.2) is 34.6 Å². The largest absolute Gasteiger partial charge is 0.481 e. The van der Waals surface area contributed by atoms with E-state index in [4.69, 9.17) is 21.2 Å². The molecule has 0 radical (unpaired) electrons. The molecule has 192 valence electrons. The molecule has 0 aromatic heterocycles. The fourth-order valence-corrected chi connectivity index (χ4v) is 6.61. The molecule has 35 heavy (non-hydrogen) atoms. The molecular weight excluding hydrogens is 476 g/mol. The van der Waals surface area contributed by atoms with Gasteiger partial charge in [-0.3, -0.25) is 9.59 Å². The quantitative estimate of drug-likeness (QED) is 0.476. The number of para-hydroxylation sites is 1. The number of carboxylic acids is 1. The zero-order chi connectivity index (χ0) is 26.3. The van der Waals surface area contributed by atoms with Gasteiger partial charge in [0, 0.05) is 11.3 Å². The van der Waals surface area contributed by atoms with Gasteiger partial charge in [-0.1, -0.05) is 50.9 Å². The molecule has 1 aromatic rings. The molecule has 0 heterocycles. The Morgan fingerprint density at radius 1 is 1.14 bits per heavy atom. The average Bonchev–Trinajstić information content (AvgIpc) is 3.31. The predicted octanol–water partition coefficient (Wildman–Crippen LogP) is 4.65. The number of carboxylic acid groups (broad SMARTS) is 1. The number of anilines is 1. The van der Waals surface area contributed by atoms with E-state index in [0.29, 0.717) is 17.1 Å². The second-order valence-electron chi connectivity index (χ2n) is 10.5. The van der Waals surface area contributed by atoms with Crippen LogP contribution < -0.4 is 10.8 Å². The molecule has 2 fully saturated rings. The molecule has 2 saturated carbocycles. The Morgan fingerprint density at radius 2 is 1.77 bits per heavy atom. The molecule has 2 aliphatic carbocycles. The molecule has 3 rings (SSSR count). The first-order chi connectivity index (χ1) is 16.3. The van der Waals surface area contributed by atoms with E-state index in [-0.39, 0.29) is 6.42 Å². The number of hydroxylamine groups is 1. The highest BCUT2D eigenvalue weighted by molar-refractivity contribution is 6.33. The van der Waals surface area contributed by atoms with Gasteiger partial charge in [0.05, 0.1) is 22.0 Å². The lowest BCUT2D eigenvalue weighted by Crippen LogP contribution is -2.50. The third-order valence-electron chi connectivity index (χ3n) is 7.69. The number of ether oxygens (including phenoxy) is 1. The number of carbonyl (C=O) groups is 4. The third kappa shape index (κ3) is 4.35. The highest BCUT2D eigenvalue weighted by Gasteiger charge is 2.86. The van der Waals surface area contributed by atoms with E-state index in [1.165, 1.54) is 0 Å². The number of fused-ring (bicyclic) bond motifs is 1. The summed E-state index contributed by atoms with van der Waals surface area (Å²) in [6.45, 7) is 10.3. The van der Waals surface area contributed by atoms with Crippen LogP contribution in [0.3, 0.4) is 0 Å². The van der Waals surface area contributed by atoms with Crippen molar-refractivity contribution in [3.05, 3.63) is 29.3 Å². The zero-order valence-corrected chi connectivity index (χ0v) is 21.6. The monoisotopic (exact) mass is 508 g/mol. The summed E-state index contributed by atoms with van der Waals surface area (Å²) in [5.74, 6) is -5.03. The Bertz CT molecular complexity index is 1040. The smallest absolute Gasteiger partial charge is 0.441 e. The van der Waals surface area contributed by atoms with Crippen molar-refractivity contribution in [3.63, 3.8) is 0 Å². The number of aliphatic carboxylic acids is 1. The summed E-state index contributed by atoms with van der Waals surface area (Å²) >= 11 is 6.21. The summed E-state index contributed by atoms with van der Waals surface area (Å²) in [6, 6.07) is 6.75. The summed E-state index contributed by atoms with van der Waals surface area (Å²) in [5.41, 5.74) is -0.710. The van der Waals surface area contributed by atoms with Crippen LogP contribution in [0.4, 0.5) is 10.5 Å². The summed E-state index contributed by atoms with van der Waals surface area (Å²) in [6.07, 6.45) is -0.287. The number of benzene rings is 1. The first-order valence-corrected chi connectivity index (χ1v) is 12.1. The number of halogens is 1. The molecule has 0 bridgehead atoms. The summed E-state index contributed by atoms with van der Waals surface area (Å²) in [4.78, 5) is 56.6. The van der Waals surface area contributed by atoms with Gasteiger partial charge >= 0.3 is 18.0 Å². The van der Waals surface area contributed by atoms with Gasteiger partial charge in [-0.15, -0.1) is 5.48 Å². The second kappa shape index (κ2) is 9.33. The van der Waals surface area contributed by atoms with E-state index < -0.39 is 64.0 Å². The van der Waals surface area contributed by atoms with Crippen molar-refractivity contribution in [2.75, 3.05) is 5.32 Å². The lowest BCUT2D eigenvalue weighted by atomic mass is 9.62. The van der Waals surface area contributed by atoms with Gasteiger partial charge in [-0.2, -0.15) is 0 Å².